The maximum absolute atomic E-state index is 11.2. The highest BCUT2D eigenvalue weighted by molar-refractivity contribution is 5.88. The predicted molar refractivity (Wildman–Crippen MR) is 51.6 cm³/mol. The van der Waals surface area contributed by atoms with E-state index in [1.54, 1.807) is 0 Å². The molecule has 0 saturated heterocycles. The second kappa shape index (κ2) is 6.06. The van der Waals surface area contributed by atoms with E-state index in [1.165, 1.54) is 12.8 Å². The van der Waals surface area contributed by atoms with Crippen LogP contribution in [0.4, 0.5) is 5.95 Å². The molecule has 0 aliphatic carbocycles. The van der Waals surface area contributed by atoms with Gasteiger partial charge in [-0.3, -0.25) is 10.1 Å². The van der Waals surface area contributed by atoms with Gasteiger partial charge in [-0.2, -0.15) is 5.21 Å². The molecule has 0 fully saturated rings. The number of carbonyl (C=O) groups is 1. The summed E-state index contributed by atoms with van der Waals surface area (Å²) in [7, 11) is 0. The summed E-state index contributed by atoms with van der Waals surface area (Å²) in [6.45, 7) is 2.14. The highest BCUT2D eigenvalue weighted by atomic mass is 16.1. The summed E-state index contributed by atoms with van der Waals surface area (Å²) in [6.07, 6.45) is 4.88. The molecule has 1 heterocycles. The Kier molecular flexibility index (Phi) is 4.60. The minimum Gasteiger partial charge on any atom is -0.292 e. The largest absolute Gasteiger partial charge is 0.292 e. The number of amides is 1. The van der Waals surface area contributed by atoms with Crippen molar-refractivity contribution in [2.75, 3.05) is 5.32 Å². The lowest BCUT2D eigenvalue weighted by Crippen LogP contribution is -2.12. The summed E-state index contributed by atoms with van der Waals surface area (Å²) in [5, 5.41) is 15.4. The topological polar surface area (TPSA) is 83.6 Å². The van der Waals surface area contributed by atoms with E-state index in [0.717, 1.165) is 12.8 Å². The van der Waals surface area contributed by atoms with Crippen molar-refractivity contribution in [2.45, 2.75) is 39.0 Å². The average Bonchev–Trinajstić information content (AvgIpc) is 2.65. The summed E-state index contributed by atoms with van der Waals surface area (Å²) in [6, 6.07) is 0. The van der Waals surface area contributed by atoms with Crippen LogP contribution in [0.5, 0.6) is 0 Å². The number of anilines is 1. The third-order valence-corrected chi connectivity index (χ3v) is 1.85. The van der Waals surface area contributed by atoms with Crippen LogP contribution in [0.25, 0.3) is 0 Å². The number of hydrogen-bond donors (Lipinski definition) is 2. The van der Waals surface area contributed by atoms with E-state index in [9.17, 15) is 4.79 Å². The highest BCUT2D eigenvalue weighted by Crippen LogP contribution is 2.03. The lowest BCUT2D eigenvalue weighted by atomic mass is 10.1. The van der Waals surface area contributed by atoms with Crippen LogP contribution in [-0.4, -0.2) is 26.5 Å². The first kappa shape index (κ1) is 10.6. The number of rotatable bonds is 6. The normalized spacial score (nSPS) is 10.1. The van der Waals surface area contributed by atoms with Gasteiger partial charge in [0, 0.05) is 6.42 Å². The number of hydrogen-bond acceptors (Lipinski definition) is 4. The first-order valence-corrected chi connectivity index (χ1v) is 4.86. The number of tetrazole rings is 1. The molecule has 6 heteroatoms. The number of aromatic amines is 1. The van der Waals surface area contributed by atoms with Gasteiger partial charge in [-0.15, -0.1) is 5.10 Å². The van der Waals surface area contributed by atoms with E-state index in [0.29, 0.717) is 6.42 Å². The maximum atomic E-state index is 11.2. The zero-order valence-corrected chi connectivity index (χ0v) is 8.29. The van der Waals surface area contributed by atoms with Gasteiger partial charge in [-0.25, -0.2) is 0 Å². The molecule has 1 rings (SSSR count). The number of aromatic nitrogens is 4. The Balaban J connectivity index is 2.11. The zero-order valence-electron chi connectivity index (χ0n) is 8.29. The second-order valence-electron chi connectivity index (χ2n) is 3.09. The van der Waals surface area contributed by atoms with Crippen LogP contribution >= 0.6 is 0 Å². The van der Waals surface area contributed by atoms with E-state index >= 15 is 0 Å². The monoisotopic (exact) mass is 197 g/mol. The Morgan fingerprint density at radius 2 is 2.29 bits per heavy atom. The number of carbonyl (C=O) groups excluding carboxylic acids is 1. The molecule has 0 aromatic carbocycles. The van der Waals surface area contributed by atoms with Crippen LogP contribution in [0.15, 0.2) is 0 Å². The molecular weight excluding hydrogens is 182 g/mol. The standard InChI is InChI=1S/C8H15N5O/c1-2-3-4-5-6-7(14)9-8-10-12-13-11-8/h2-6H2,1H3,(H2,9,10,11,12,13,14). The van der Waals surface area contributed by atoms with Gasteiger partial charge in [0.2, 0.25) is 5.91 Å². The zero-order chi connectivity index (χ0) is 10.2. The Morgan fingerprint density at radius 1 is 1.43 bits per heavy atom. The Morgan fingerprint density at radius 3 is 2.93 bits per heavy atom. The summed E-state index contributed by atoms with van der Waals surface area (Å²) < 4.78 is 0. The molecule has 0 atom stereocenters. The first-order valence-electron chi connectivity index (χ1n) is 4.86. The average molecular weight is 197 g/mol. The van der Waals surface area contributed by atoms with Crippen LogP contribution in [0, 0.1) is 0 Å². The lowest BCUT2D eigenvalue weighted by molar-refractivity contribution is -0.116. The molecule has 0 aliphatic heterocycles. The van der Waals surface area contributed by atoms with Gasteiger partial charge >= 0.3 is 0 Å². The van der Waals surface area contributed by atoms with E-state index < -0.39 is 0 Å². The van der Waals surface area contributed by atoms with Crippen LogP contribution in [-0.2, 0) is 4.79 Å². The summed E-state index contributed by atoms with van der Waals surface area (Å²) in [5.41, 5.74) is 0. The quantitative estimate of drug-likeness (QED) is 0.669. The van der Waals surface area contributed by atoms with Crippen molar-refractivity contribution < 1.29 is 4.79 Å². The van der Waals surface area contributed by atoms with Crippen LogP contribution in [0.2, 0.25) is 0 Å². The molecule has 0 bridgehead atoms. The molecule has 6 nitrogen and oxygen atoms in total. The van der Waals surface area contributed by atoms with Gasteiger partial charge < -0.3 is 0 Å². The Labute approximate surface area is 82.5 Å². The van der Waals surface area contributed by atoms with Crippen LogP contribution < -0.4 is 5.32 Å². The minimum absolute atomic E-state index is 0.0532. The smallest absolute Gasteiger partial charge is 0.269 e. The van der Waals surface area contributed by atoms with E-state index in [2.05, 4.69) is 32.9 Å². The van der Waals surface area contributed by atoms with Crippen LogP contribution in [0.1, 0.15) is 39.0 Å². The maximum Gasteiger partial charge on any atom is 0.269 e. The SMILES string of the molecule is CCCCCCC(=O)Nc1nn[nH]n1. The molecule has 1 aromatic rings. The van der Waals surface area contributed by atoms with Crippen molar-refractivity contribution in [1.82, 2.24) is 20.6 Å². The molecule has 14 heavy (non-hydrogen) atoms. The molecule has 1 amide bonds. The summed E-state index contributed by atoms with van der Waals surface area (Å²) >= 11 is 0. The van der Waals surface area contributed by atoms with Crippen molar-refractivity contribution in [1.29, 1.82) is 0 Å². The van der Waals surface area contributed by atoms with Crippen molar-refractivity contribution >= 4 is 11.9 Å². The molecule has 78 valence electrons. The summed E-state index contributed by atoms with van der Waals surface area (Å²) in [4.78, 5) is 11.2. The van der Waals surface area contributed by atoms with E-state index in [-0.39, 0.29) is 11.9 Å². The van der Waals surface area contributed by atoms with Gasteiger partial charge in [-0.1, -0.05) is 31.3 Å². The molecular formula is C8H15N5O. The number of unbranched alkanes of at least 4 members (excludes halogenated alkanes) is 3. The third kappa shape index (κ3) is 3.97. The lowest BCUT2D eigenvalue weighted by Gasteiger charge is -1.99. The fourth-order valence-electron chi connectivity index (χ4n) is 1.11. The van der Waals surface area contributed by atoms with E-state index in [4.69, 9.17) is 0 Å². The minimum atomic E-state index is -0.0532. The molecule has 0 spiro atoms. The predicted octanol–water partition coefficient (Wildman–Crippen LogP) is 1.11. The molecule has 0 unspecified atom stereocenters. The first-order chi connectivity index (χ1) is 6.83. The Hall–Kier alpha value is -1.46. The number of nitrogens with zero attached hydrogens (tertiary/aromatic N) is 3. The fraction of sp³-hybridized carbons (Fsp3) is 0.750. The molecule has 1 aromatic heterocycles. The van der Waals surface area contributed by atoms with Crippen molar-refractivity contribution in [3.05, 3.63) is 0 Å². The Bertz CT molecular complexity index is 259. The van der Waals surface area contributed by atoms with E-state index in [1.807, 2.05) is 0 Å². The third-order valence-electron chi connectivity index (χ3n) is 1.85. The van der Waals surface area contributed by atoms with Crippen LogP contribution in [0.3, 0.4) is 0 Å². The van der Waals surface area contributed by atoms with Gasteiger partial charge in [0.25, 0.3) is 5.95 Å². The van der Waals surface area contributed by atoms with Crippen molar-refractivity contribution in [3.63, 3.8) is 0 Å². The second-order valence-corrected chi connectivity index (χ2v) is 3.09. The highest BCUT2D eigenvalue weighted by Gasteiger charge is 2.04. The van der Waals surface area contributed by atoms with Gasteiger partial charge in [-0.05, 0) is 11.6 Å². The van der Waals surface area contributed by atoms with Gasteiger partial charge in [0.1, 0.15) is 0 Å². The number of nitrogens with one attached hydrogen (secondary N) is 2. The molecule has 2 N–H and O–H groups in total. The fourth-order valence-corrected chi connectivity index (χ4v) is 1.11. The molecule has 0 saturated carbocycles. The van der Waals surface area contributed by atoms with Gasteiger partial charge in [0.15, 0.2) is 0 Å². The molecule has 0 radical (unpaired) electrons. The van der Waals surface area contributed by atoms with Gasteiger partial charge in [0.05, 0.1) is 0 Å². The summed E-state index contributed by atoms with van der Waals surface area (Å²) in [5.74, 6) is 0.188. The van der Waals surface area contributed by atoms with Crippen molar-refractivity contribution in [2.24, 2.45) is 0 Å². The van der Waals surface area contributed by atoms with Crippen molar-refractivity contribution in [3.8, 4) is 0 Å². The number of H-pyrrole nitrogens is 1. The molecule has 0 aliphatic rings.